The maximum atomic E-state index is 12.2. The lowest BCUT2D eigenvalue weighted by atomic mass is 10.3. The molecule has 0 saturated carbocycles. The molecule has 0 atom stereocenters. The highest BCUT2D eigenvalue weighted by molar-refractivity contribution is 5.33. The molecule has 0 radical (unpaired) electrons. The van der Waals surface area contributed by atoms with Crippen LogP contribution in [0.4, 0.5) is 19.0 Å². The number of alkyl halides is 3. The van der Waals surface area contributed by atoms with E-state index in [0.29, 0.717) is 11.5 Å². The molecule has 0 aliphatic rings. The molecule has 0 fully saturated rings. The van der Waals surface area contributed by atoms with Crippen LogP contribution in [0.5, 0.6) is 0 Å². The fourth-order valence-corrected chi connectivity index (χ4v) is 1.17. The van der Waals surface area contributed by atoms with E-state index in [-0.39, 0.29) is 0 Å². The van der Waals surface area contributed by atoms with Crippen molar-refractivity contribution in [3.8, 4) is 5.69 Å². The summed E-state index contributed by atoms with van der Waals surface area (Å²) in [6.45, 7) is 0. The third kappa shape index (κ3) is 1.97. The number of pyridine rings is 1. The average Bonchev–Trinajstić information content (AvgIpc) is 2.64. The smallest absolute Gasteiger partial charge is 0.382 e. The van der Waals surface area contributed by atoms with Gasteiger partial charge in [-0.05, 0) is 12.1 Å². The molecular weight excluding hydrogens is 221 g/mol. The average molecular weight is 228 g/mol. The summed E-state index contributed by atoms with van der Waals surface area (Å²) in [5.41, 5.74) is 4.87. The first kappa shape index (κ1) is 10.5. The third-order valence-electron chi connectivity index (χ3n) is 1.91. The summed E-state index contributed by atoms with van der Waals surface area (Å²) in [6.07, 6.45) is -1.80. The number of nitrogen functional groups attached to an aromatic ring is 1. The predicted molar refractivity (Wildman–Crippen MR) is 50.8 cm³/mol. The largest absolute Gasteiger partial charge is 0.433 e. The van der Waals surface area contributed by atoms with E-state index in [4.69, 9.17) is 5.73 Å². The Morgan fingerprint density at radius 2 is 1.94 bits per heavy atom. The highest BCUT2D eigenvalue weighted by atomic mass is 19.4. The Kier molecular flexibility index (Phi) is 2.30. The van der Waals surface area contributed by atoms with Crippen molar-refractivity contribution in [2.75, 3.05) is 5.73 Å². The Morgan fingerprint density at radius 3 is 2.38 bits per heavy atom. The topological polar surface area (TPSA) is 56.7 Å². The molecule has 0 amide bonds. The van der Waals surface area contributed by atoms with Crippen LogP contribution in [0.3, 0.4) is 0 Å². The Hall–Kier alpha value is -2.05. The number of anilines is 1. The molecular formula is C9H7F3N4. The molecule has 16 heavy (non-hydrogen) atoms. The lowest BCUT2D eigenvalue weighted by molar-refractivity contribution is -0.141. The van der Waals surface area contributed by atoms with Gasteiger partial charge in [-0.2, -0.15) is 18.3 Å². The van der Waals surface area contributed by atoms with Gasteiger partial charge in [0, 0.05) is 12.3 Å². The Labute approximate surface area is 88.5 Å². The molecule has 0 unspecified atom stereocenters. The summed E-state index contributed by atoms with van der Waals surface area (Å²) < 4.78 is 38.0. The van der Waals surface area contributed by atoms with E-state index in [0.717, 1.165) is 12.3 Å². The molecule has 0 saturated heterocycles. The van der Waals surface area contributed by atoms with E-state index in [9.17, 15) is 13.2 Å². The normalized spacial score (nSPS) is 11.7. The van der Waals surface area contributed by atoms with Crippen molar-refractivity contribution in [2.45, 2.75) is 6.18 Å². The maximum Gasteiger partial charge on any atom is 0.433 e. The van der Waals surface area contributed by atoms with Gasteiger partial charge < -0.3 is 5.73 Å². The lowest BCUT2D eigenvalue weighted by Crippen LogP contribution is -2.08. The van der Waals surface area contributed by atoms with Gasteiger partial charge in [-0.1, -0.05) is 0 Å². The Bertz CT molecular complexity index is 486. The first-order valence-corrected chi connectivity index (χ1v) is 4.31. The molecule has 0 aliphatic carbocycles. The molecule has 2 rings (SSSR count). The number of nitrogens with zero attached hydrogens (tertiary/aromatic N) is 3. The Balaban J connectivity index is 2.33. The van der Waals surface area contributed by atoms with Crippen LogP contribution in [-0.2, 0) is 6.18 Å². The molecule has 7 heteroatoms. The molecule has 4 nitrogen and oxygen atoms in total. The van der Waals surface area contributed by atoms with Gasteiger partial charge in [-0.15, -0.1) is 0 Å². The van der Waals surface area contributed by atoms with Crippen molar-refractivity contribution in [1.29, 1.82) is 0 Å². The molecule has 2 aromatic heterocycles. The number of aromatic nitrogens is 3. The second-order valence-corrected chi connectivity index (χ2v) is 3.08. The van der Waals surface area contributed by atoms with E-state index in [2.05, 4.69) is 10.1 Å². The van der Waals surface area contributed by atoms with Gasteiger partial charge in [0.25, 0.3) is 0 Å². The molecule has 0 bridgehead atoms. The number of halogens is 3. The van der Waals surface area contributed by atoms with Crippen LogP contribution in [0.2, 0.25) is 0 Å². The predicted octanol–water partition coefficient (Wildman–Crippen LogP) is 1.87. The zero-order valence-electron chi connectivity index (χ0n) is 7.94. The van der Waals surface area contributed by atoms with Gasteiger partial charge in [0.2, 0.25) is 0 Å². The summed E-state index contributed by atoms with van der Waals surface area (Å²) in [5, 5.41) is 3.85. The minimum absolute atomic E-state index is 0.292. The SMILES string of the molecule is Nc1ccn(-c2ccc(C(F)(F)F)nc2)n1. The van der Waals surface area contributed by atoms with Crippen molar-refractivity contribution in [1.82, 2.24) is 14.8 Å². The van der Waals surface area contributed by atoms with E-state index in [1.165, 1.54) is 16.8 Å². The van der Waals surface area contributed by atoms with Crippen LogP contribution in [-0.4, -0.2) is 14.8 Å². The minimum Gasteiger partial charge on any atom is -0.382 e. The molecule has 0 spiro atoms. The number of rotatable bonds is 1. The van der Waals surface area contributed by atoms with Crippen LogP contribution in [0.1, 0.15) is 5.69 Å². The van der Waals surface area contributed by atoms with Crippen LogP contribution >= 0.6 is 0 Å². The second kappa shape index (κ2) is 3.51. The monoisotopic (exact) mass is 228 g/mol. The third-order valence-corrected chi connectivity index (χ3v) is 1.91. The zero-order chi connectivity index (χ0) is 11.8. The van der Waals surface area contributed by atoms with Crippen molar-refractivity contribution in [2.24, 2.45) is 0 Å². The molecule has 84 valence electrons. The summed E-state index contributed by atoms with van der Waals surface area (Å²) in [5.74, 6) is 0.292. The van der Waals surface area contributed by atoms with E-state index < -0.39 is 11.9 Å². The first-order valence-electron chi connectivity index (χ1n) is 4.31. The summed E-state index contributed by atoms with van der Waals surface area (Å²) in [7, 11) is 0. The number of hydrogen-bond donors (Lipinski definition) is 1. The number of nitrogens with two attached hydrogens (primary N) is 1. The van der Waals surface area contributed by atoms with Gasteiger partial charge in [0.1, 0.15) is 11.5 Å². The lowest BCUT2D eigenvalue weighted by Gasteiger charge is -2.06. The highest BCUT2D eigenvalue weighted by Crippen LogP contribution is 2.27. The summed E-state index contributed by atoms with van der Waals surface area (Å²) >= 11 is 0. The van der Waals surface area contributed by atoms with Gasteiger partial charge in [-0.3, -0.25) is 0 Å². The zero-order valence-corrected chi connectivity index (χ0v) is 7.94. The maximum absolute atomic E-state index is 12.2. The van der Waals surface area contributed by atoms with Crippen molar-refractivity contribution in [3.05, 3.63) is 36.3 Å². The summed E-state index contributed by atoms with van der Waals surface area (Å²) in [6, 6.07) is 3.72. The fraction of sp³-hybridized carbons (Fsp3) is 0.111. The highest BCUT2D eigenvalue weighted by Gasteiger charge is 2.32. The molecule has 2 aromatic rings. The van der Waals surface area contributed by atoms with Crippen LogP contribution in [0, 0.1) is 0 Å². The van der Waals surface area contributed by atoms with Crippen molar-refractivity contribution < 1.29 is 13.2 Å². The quantitative estimate of drug-likeness (QED) is 0.810. The van der Waals surface area contributed by atoms with E-state index in [1.807, 2.05) is 0 Å². The van der Waals surface area contributed by atoms with Gasteiger partial charge in [0.15, 0.2) is 0 Å². The molecule has 2 heterocycles. The standard InChI is InChI=1S/C9H7F3N4/c10-9(11,12)7-2-1-6(5-14-7)16-4-3-8(13)15-16/h1-5H,(H2,13,15). The number of hydrogen-bond acceptors (Lipinski definition) is 3. The Morgan fingerprint density at radius 1 is 1.19 bits per heavy atom. The first-order chi connectivity index (χ1) is 7.47. The minimum atomic E-state index is -4.43. The van der Waals surface area contributed by atoms with E-state index >= 15 is 0 Å². The molecule has 2 N–H and O–H groups in total. The van der Waals surface area contributed by atoms with Crippen molar-refractivity contribution >= 4 is 5.82 Å². The van der Waals surface area contributed by atoms with E-state index in [1.54, 1.807) is 6.20 Å². The summed E-state index contributed by atoms with van der Waals surface area (Å²) in [4.78, 5) is 3.31. The molecule has 0 aliphatic heterocycles. The second-order valence-electron chi connectivity index (χ2n) is 3.08. The van der Waals surface area contributed by atoms with Crippen LogP contribution in [0.25, 0.3) is 5.69 Å². The van der Waals surface area contributed by atoms with Crippen LogP contribution < -0.4 is 5.73 Å². The molecule has 0 aromatic carbocycles. The van der Waals surface area contributed by atoms with Crippen LogP contribution in [0.15, 0.2) is 30.6 Å². The fourth-order valence-electron chi connectivity index (χ4n) is 1.17. The van der Waals surface area contributed by atoms with Gasteiger partial charge in [-0.25, -0.2) is 9.67 Å². The van der Waals surface area contributed by atoms with Gasteiger partial charge >= 0.3 is 6.18 Å². The van der Waals surface area contributed by atoms with Gasteiger partial charge in [0.05, 0.1) is 11.9 Å². The van der Waals surface area contributed by atoms with Crippen molar-refractivity contribution in [3.63, 3.8) is 0 Å².